The van der Waals surface area contributed by atoms with Crippen molar-refractivity contribution in [1.82, 2.24) is 0 Å². The quantitative estimate of drug-likeness (QED) is 0.688. The van der Waals surface area contributed by atoms with Crippen LogP contribution in [0.15, 0.2) is 42.5 Å². The van der Waals surface area contributed by atoms with Gasteiger partial charge in [-0.1, -0.05) is 35.9 Å². The van der Waals surface area contributed by atoms with Crippen LogP contribution < -0.4 is 5.73 Å². The number of hydrogen-bond acceptors (Lipinski definition) is 3. The van der Waals surface area contributed by atoms with E-state index in [0.29, 0.717) is 10.7 Å². The van der Waals surface area contributed by atoms with Crippen LogP contribution in [0.5, 0.6) is 0 Å². The highest BCUT2D eigenvalue weighted by molar-refractivity contribution is 6.33. The van der Waals surface area contributed by atoms with Crippen molar-refractivity contribution >= 4 is 23.3 Å². The standard InChI is InChI=1S/C15H14ClNO2/c1-10-4-2-3-5-11(10)9-19-15(18)13-8-12(17)6-7-14(13)16/h2-8H,9,17H2,1H3. The number of aryl methyl sites for hydroxylation is 1. The Morgan fingerprint density at radius 2 is 2.00 bits per heavy atom. The molecule has 0 amide bonds. The zero-order chi connectivity index (χ0) is 13.8. The van der Waals surface area contributed by atoms with Crippen LogP contribution in [-0.2, 0) is 11.3 Å². The summed E-state index contributed by atoms with van der Waals surface area (Å²) in [5.74, 6) is -0.472. The zero-order valence-electron chi connectivity index (χ0n) is 10.5. The first-order chi connectivity index (χ1) is 9.08. The molecule has 4 heteroatoms. The van der Waals surface area contributed by atoms with Gasteiger partial charge in [0.05, 0.1) is 10.6 Å². The number of nitrogen functional groups attached to an aromatic ring is 1. The highest BCUT2D eigenvalue weighted by Gasteiger charge is 2.12. The normalized spacial score (nSPS) is 10.2. The van der Waals surface area contributed by atoms with Gasteiger partial charge >= 0.3 is 5.97 Å². The second-order valence-corrected chi connectivity index (χ2v) is 4.65. The lowest BCUT2D eigenvalue weighted by atomic mass is 10.1. The molecule has 2 N–H and O–H groups in total. The van der Waals surface area contributed by atoms with E-state index in [0.717, 1.165) is 11.1 Å². The second kappa shape index (κ2) is 5.76. The smallest absolute Gasteiger partial charge is 0.340 e. The van der Waals surface area contributed by atoms with Crippen LogP contribution >= 0.6 is 11.6 Å². The predicted molar refractivity (Wildman–Crippen MR) is 76.2 cm³/mol. The van der Waals surface area contributed by atoms with Crippen LogP contribution in [0.2, 0.25) is 5.02 Å². The summed E-state index contributed by atoms with van der Waals surface area (Å²) >= 11 is 5.95. The van der Waals surface area contributed by atoms with Crippen LogP contribution in [0.4, 0.5) is 5.69 Å². The Bertz CT molecular complexity index is 611. The summed E-state index contributed by atoms with van der Waals surface area (Å²) in [5, 5.41) is 0.337. The van der Waals surface area contributed by atoms with E-state index in [1.165, 1.54) is 6.07 Å². The number of nitrogens with two attached hydrogens (primary N) is 1. The molecule has 0 aromatic heterocycles. The summed E-state index contributed by atoms with van der Waals surface area (Å²) in [7, 11) is 0. The average Bonchev–Trinajstić information content (AvgIpc) is 2.40. The number of benzene rings is 2. The Morgan fingerprint density at radius 3 is 2.74 bits per heavy atom. The molecule has 2 aromatic rings. The van der Waals surface area contributed by atoms with Crippen LogP contribution in [0.3, 0.4) is 0 Å². The molecular formula is C15H14ClNO2. The molecular weight excluding hydrogens is 262 g/mol. The predicted octanol–water partition coefficient (Wildman–Crippen LogP) is 3.59. The number of ether oxygens (including phenoxy) is 1. The van der Waals surface area contributed by atoms with E-state index >= 15 is 0 Å². The van der Waals surface area contributed by atoms with E-state index < -0.39 is 5.97 Å². The number of hydrogen-bond donors (Lipinski definition) is 1. The molecule has 0 fully saturated rings. The number of carbonyl (C=O) groups is 1. The van der Waals surface area contributed by atoms with Gasteiger partial charge in [0.25, 0.3) is 0 Å². The molecule has 0 aliphatic heterocycles. The molecule has 0 atom stereocenters. The lowest BCUT2D eigenvalue weighted by Crippen LogP contribution is -2.07. The molecule has 2 rings (SSSR count). The van der Waals surface area contributed by atoms with Gasteiger partial charge in [0.1, 0.15) is 6.61 Å². The van der Waals surface area contributed by atoms with Crippen molar-refractivity contribution in [2.75, 3.05) is 5.73 Å². The Kier molecular flexibility index (Phi) is 4.07. The van der Waals surface area contributed by atoms with Gasteiger partial charge in [0.15, 0.2) is 0 Å². The summed E-state index contributed by atoms with van der Waals surface area (Å²) in [4.78, 5) is 11.9. The molecule has 0 heterocycles. The summed E-state index contributed by atoms with van der Waals surface area (Å²) < 4.78 is 5.25. The Balaban J connectivity index is 2.10. The van der Waals surface area contributed by atoms with Crippen LogP contribution in [0.1, 0.15) is 21.5 Å². The van der Waals surface area contributed by atoms with Crippen LogP contribution in [0.25, 0.3) is 0 Å². The zero-order valence-corrected chi connectivity index (χ0v) is 11.3. The van der Waals surface area contributed by atoms with E-state index in [-0.39, 0.29) is 12.2 Å². The van der Waals surface area contributed by atoms with Gasteiger partial charge in [-0.3, -0.25) is 0 Å². The fourth-order valence-electron chi connectivity index (χ4n) is 1.69. The number of halogens is 1. The highest BCUT2D eigenvalue weighted by atomic mass is 35.5. The molecule has 3 nitrogen and oxygen atoms in total. The maximum atomic E-state index is 11.9. The van der Waals surface area contributed by atoms with Gasteiger partial charge in [-0.2, -0.15) is 0 Å². The maximum Gasteiger partial charge on any atom is 0.340 e. The summed E-state index contributed by atoms with van der Waals surface area (Å²) in [6.45, 7) is 2.19. The Labute approximate surface area is 117 Å². The monoisotopic (exact) mass is 275 g/mol. The second-order valence-electron chi connectivity index (χ2n) is 4.24. The minimum Gasteiger partial charge on any atom is -0.457 e. The molecule has 0 spiro atoms. The lowest BCUT2D eigenvalue weighted by molar-refractivity contribution is 0.0472. The van der Waals surface area contributed by atoms with Crippen LogP contribution in [0, 0.1) is 6.92 Å². The topological polar surface area (TPSA) is 52.3 Å². The minimum atomic E-state index is -0.472. The van der Waals surface area contributed by atoms with Crippen molar-refractivity contribution < 1.29 is 9.53 Å². The fraction of sp³-hybridized carbons (Fsp3) is 0.133. The van der Waals surface area contributed by atoms with Crippen LogP contribution in [-0.4, -0.2) is 5.97 Å². The van der Waals surface area contributed by atoms with Crippen molar-refractivity contribution in [1.29, 1.82) is 0 Å². The first-order valence-corrected chi connectivity index (χ1v) is 6.22. The third-order valence-corrected chi connectivity index (χ3v) is 3.16. The Hall–Kier alpha value is -2.00. The van der Waals surface area contributed by atoms with Gasteiger partial charge in [0, 0.05) is 5.69 Å². The fourth-order valence-corrected chi connectivity index (χ4v) is 1.89. The van der Waals surface area contributed by atoms with E-state index in [2.05, 4.69) is 0 Å². The van der Waals surface area contributed by atoms with Crippen molar-refractivity contribution in [2.24, 2.45) is 0 Å². The Morgan fingerprint density at radius 1 is 1.26 bits per heavy atom. The van der Waals surface area contributed by atoms with Crippen molar-refractivity contribution in [2.45, 2.75) is 13.5 Å². The number of rotatable bonds is 3. The van der Waals surface area contributed by atoms with E-state index in [1.807, 2.05) is 31.2 Å². The molecule has 0 unspecified atom stereocenters. The van der Waals surface area contributed by atoms with E-state index in [1.54, 1.807) is 12.1 Å². The van der Waals surface area contributed by atoms with E-state index in [9.17, 15) is 4.79 Å². The third-order valence-electron chi connectivity index (χ3n) is 2.83. The van der Waals surface area contributed by atoms with Crippen molar-refractivity contribution in [3.05, 3.63) is 64.2 Å². The molecule has 98 valence electrons. The van der Waals surface area contributed by atoms with Gasteiger partial charge in [-0.05, 0) is 36.2 Å². The first-order valence-electron chi connectivity index (χ1n) is 5.84. The number of carbonyl (C=O) groups excluding carboxylic acids is 1. The summed E-state index contributed by atoms with van der Waals surface area (Å²) in [6, 6.07) is 12.5. The SMILES string of the molecule is Cc1ccccc1COC(=O)c1cc(N)ccc1Cl. The molecule has 0 aliphatic carbocycles. The molecule has 0 saturated carbocycles. The molecule has 0 bridgehead atoms. The lowest BCUT2D eigenvalue weighted by Gasteiger charge is -2.08. The van der Waals surface area contributed by atoms with Gasteiger partial charge in [-0.25, -0.2) is 4.79 Å². The van der Waals surface area contributed by atoms with Crippen molar-refractivity contribution in [3.63, 3.8) is 0 Å². The van der Waals surface area contributed by atoms with Gasteiger partial charge < -0.3 is 10.5 Å². The third kappa shape index (κ3) is 3.26. The average molecular weight is 276 g/mol. The molecule has 0 aliphatic rings. The molecule has 19 heavy (non-hydrogen) atoms. The van der Waals surface area contributed by atoms with E-state index in [4.69, 9.17) is 22.1 Å². The summed E-state index contributed by atoms with van der Waals surface area (Å²) in [5.41, 5.74) is 8.44. The first kappa shape index (κ1) is 13.4. The van der Waals surface area contributed by atoms with Gasteiger partial charge in [-0.15, -0.1) is 0 Å². The van der Waals surface area contributed by atoms with Gasteiger partial charge in [0.2, 0.25) is 0 Å². The maximum absolute atomic E-state index is 11.9. The molecule has 0 radical (unpaired) electrons. The van der Waals surface area contributed by atoms with Crippen molar-refractivity contribution in [3.8, 4) is 0 Å². The minimum absolute atomic E-state index is 0.219. The highest BCUT2D eigenvalue weighted by Crippen LogP contribution is 2.20. The number of anilines is 1. The molecule has 2 aromatic carbocycles. The largest absolute Gasteiger partial charge is 0.457 e. The molecule has 0 saturated heterocycles. The summed E-state index contributed by atoms with van der Waals surface area (Å²) in [6.07, 6.45) is 0. The number of esters is 1.